The summed E-state index contributed by atoms with van der Waals surface area (Å²) in [5, 5.41) is 3.15. The molecule has 3 aromatic rings. The van der Waals surface area contributed by atoms with Crippen LogP contribution < -0.4 is 5.32 Å². The molecule has 164 valence electrons. The predicted molar refractivity (Wildman–Crippen MR) is 118 cm³/mol. The monoisotopic (exact) mass is 442 g/mol. The Morgan fingerprint density at radius 2 is 1.94 bits per heavy atom. The molecule has 10 heteroatoms. The number of aryl methyl sites for hydroxylation is 1. The van der Waals surface area contributed by atoms with Gasteiger partial charge in [-0.25, -0.2) is 23.4 Å². The smallest absolute Gasteiger partial charge is 0.242 e. The zero-order valence-electron chi connectivity index (χ0n) is 17.8. The van der Waals surface area contributed by atoms with Gasteiger partial charge in [-0.05, 0) is 50.1 Å². The summed E-state index contributed by atoms with van der Waals surface area (Å²) in [5.74, 6) is 1.42. The molecule has 1 N–H and O–H groups in total. The van der Waals surface area contributed by atoms with Gasteiger partial charge in [0, 0.05) is 38.6 Å². The lowest BCUT2D eigenvalue weighted by Crippen LogP contribution is -2.30. The fraction of sp³-hybridized carbons (Fsp3) is 0.381. The second-order valence-corrected chi connectivity index (χ2v) is 9.57. The van der Waals surface area contributed by atoms with Crippen molar-refractivity contribution in [2.75, 3.05) is 32.6 Å². The number of hydrogen-bond acceptors (Lipinski definition) is 7. The quantitative estimate of drug-likeness (QED) is 0.543. The minimum Gasteiger partial charge on any atom is -0.383 e. The molecule has 0 unspecified atom stereocenters. The standard InChI is InChI=1S/C21H26N6O3S/c1-15-23-14-20(27(15)17-6-7-17)19-10-11-22-21(25-19)24-16-4-8-18(9-5-16)31(28,29)26(2)12-13-30-3/h4-5,8-11,14,17H,6-7,12-13H2,1-3H3,(H,22,24,25). The summed E-state index contributed by atoms with van der Waals surface area (Å²) in [6, 6.07) is 8.90. The highest BCUT2D eigenvalue weighted by Gasteiger charge is 2.28. The van der Waals surface area contributed by atoms with E-state index in [4.69, 9.17) is 4.74 Å². The van der Waals surface area contributed by atoms with Crippen LogP contribution in [0.5, 0.6) is 0 Å². The van der Waals surface area contributed by atoms with Crippen molar-refractivity contribution < 1.29 is 13.2 Å². The van der Waals surface area contributed by atoms with Gasteiger partial charge in [0.2, 0.25) is 16.0 Å². The normalized spacial score (nSPS) is 14.2. The zero-order chi connectivity index (χ0) is 22.0. The molecule has 0 atom stereocenters. The highest BCUT2D eigenvalue weighted by molar-refractivity contribution is 7.89. The van der Waals surface area contributed by atoms with Crippen molar-refractivity contribution in [3.63, 3.8) is 0 Å². The second kappa shape index (κ2) is 8.74. The summed E-state index contributed by atoms with van der Waals surface area (Å²) < 4.78 is 33.7. The van der Waals surface area contributed by atoms with Crippen LogP contribution in [0.15, 0.2) is 47.6 Å². The minimum atomic E-state index is -3.56. The number of benzene rings is 1. The lowest BCUT2D eigenvalue weighted by molar-refractivity contribution is 0.185. The van der Waals surface area contributed by atoms with Crippen LogP contribution in [-0.2, 0) is 14.8 Å². The van der Waals surface area contributed by atoms with Gasteiger partial charge in [0.25, 0.3) is 0 Å². The first-order valence-corrected chi connectivity index (χ1v) is 11.5. The largest absolute Gasteiger partial charge is 0.383 e. The number of rotatable bonds is 9. The number of nitrogens with one attached hydrogen (secondary N) is 1. The summed E-state index contributed by atoms with van der Waals surface area (Å²) in [6.45, 7) is 2.63. The van der Waals surface area contributed by atoms with Gasteiger partial charge < -0.3 is 14.6 Å². The highest BCUT2D eigenvalue weighted by atomic mass is 32.2. The van der Waals surface area contributed by atoms with Crippen molar-refractivity contribution in [3.8, 4) is 11.4 Å². The number of likely N-dealkylation sites (N-methyl/N-ethyl adjacent to an activating group) is 1. The Morgan fingerprint density at radius 3 is 2.61 bits per heavy atom. The summed E-state index contributed by atoms with van der Waals surface area (Å²) in [7, 11) is -0.488. The third kappa shape index (κ3) is 4.60. The number of anilines is 2. The van der Waals surface area contributed by atoms with Crippen molar-refractivity contribution in [3.05, 3.63) is 48.5 Å². The maximum atomic E-state index is 12.6. The first-order valence-electron chi connectivity index (χ1n) is 10.1. The third-order valence-corrected chi connectivity index (χ3v) is 7.11. The molecule has 4 rings (SSSR count). The maximum Gasteiger partial charge on any atom is 0.242 e. The topological polar surface area (TPSA) is 102 Å². The Balaban J connectivity index is 1.51. The lowest BCUT2D eigenvalue weighted by Gasteiger charge is -2.17. The highest BCUT2D eigenvalue weighted by Crippen LogP contribution is 2.39. The van der Waals surface area contributed by atoms with Gasteiger partial charge in [0.15, 0.2) is 0 Å². The molecule has 0 radical (unpaired) electrons. The fourth-order valence-electron chi connectivity index (χ4n) is 3.36. The summed E-state index contributed by atoms with van der Waals surface area (Å²) in [6.07, 6.45) is 5.87. The molecule has 1 aliphatic carbocycles. The lowest BCUT2D eigenvalue weighted by atomic mass is 10.3. The Morgan fingerprint density at radius 1 is 1.19 bits per heavy atom. The van der Waals surface area contributed by atoms with Crippen LogP contribution in [-0.4, -0.2) is 59.6 Å². The maximum absolute atomic E-state index is 12.6. The molecular formula is C21H26N6O3S. The van der Waals surface area contributed by atoms with Crippen molar-refractivity contribution in [2.45, 2.75) is 30.7 Å². The van der Waals surface area contributed by atoms with Gasteiger partial charge in [-0.2, -0.15) is 4.31 Å². The molecule has 0 amide bonds. The van der Waals surface area contributed by atoms with E-state index in [0.717, 1.165) is 30.1 Å². The van der Waals surface area contributed by atoms with Crippen LogP contribution in [0.3, 0.4) is 0 Å². The molecule has 1 aliphatic rings. The van der Waals surface area contributed by atoms with Crippen LogP contribution in [0.1, 0.15) is 24.7 Å². The molecule has 2 heterocycles. The molecule has 1 aromatic carbocycles. The zero-order valence-corrected chi connectivity index (χ0v) is 18.6. The van der Waals surface area contributed by atoms with Crippen LogP contribution in [0.4, 0.5) is 11.6 Å². The summed E-state index contributed by atoms with van der Waals surface area (Å²) in [4.78, 5) is 13.6. The van der Waals surface area contributed by atoms with E-state index >= 15 is 0 Å². The third-order valence-electron chi connectivity index (χ3n) is 5.24. The van der Waals surface area contributed by atoms with Crippen LogP contribution in [0, 0.1) is 6.92 Å². The van der Waals surface area contributed by atoms with Crippen LogP contribution in [0.25, 0.3) is 11.4 Å². The summed E-state index contributed by atoms with van der Waals surface area (Å²) in [5.41, 5.74) is 2.47. The molecule has 0 bridgehead atoms. The average molecular weight is 443 g/mol. The van der Waals surface area contributed by atoms with Crippen molar-refractivity contribution in [2.24, 2.45) is 0 Å². The Labute approximate surface area is 182 Å². The Bertz CT molecular complexity index is 1160. The van der Waals surface area contributed by atoms with Crippen molar-refractivity contribution >= 4 is 21.7 Å². The van der Waals surface area contributed by atoms with E-state index in [-0.39, 0.29) is 11.4 Å². The van der Waals surface area contributed by atoms with Gasteiger partial charge in [0.1, 0.15) is 5.82 Å². The average Bonchev–Trinajstić information content (AvgIpc) is 3.53. The first kappa shape index (κ1) is 21.4. The van der Waals surface area contributed by atoms with E-state index in [1.807, 2.05) is 19.2 Å². The van der Waals surface area contributed by atoms with E-state index in [9.17, 15) is 8.42 Å². The summed E-state index contributed by atoms with van der Waals surface area (Å²) >= 11 is 0. The fourth-order valence-corrected chi connectivity index (χ4v) is 4.51. The SMILES string of the molecule is COCCN(C)S(=O)(=O)c1ccc(Nc2nccc(-c3cnc(C)n3C3CC3)n2)cc1. The van der Waals surface area contributed by atoms with E-state index in [0.29, 0.717) is 24.3 Å². The molecule has 0 spiro atoms. The molecule has 1 fully saturated rings. The number of nitrogens with zero attached hydrogens (tertiary/aromatic N) is 5. The van der Waals surface area contributed by atoms with Crippen molar-refractivity contribution in [1.82, 2.24) is 23.8 Å². The number of methoxy groups -OCH3 is 1. The number of aromatic nitrogens is 4. The molecule has 2 aromatic heterocycles. The molecule has 1 saturated carbocycles. The predicted octanol–water partition coefficient (Wildman–Crippen LogP) is 2.99. The number of sulfonamides is 1. The van der Waals surface area contributed by atoms with Crippen molar-refractivity contribution in [1.29, 1.82) is 0 Å². The van der Waals surface area contributed by atoms with E-state index in [2.05, 4.69) is 24.8 Å². The van der Waals surface area contributed by atoms with Gasteiger partial charge in [-0.3, -0.25) is 0 Å². The molecule has 0 saturated heterocycles. The Hall–Kier alpha value is -2.82. The van der Waals surface area contributed by atoms with Crippen LogP contribution >= 0.6 is 0 Å². The van der Waals surface area contributed by atoms with E-state index < -0.39 is 10.0 Å². The molecule has 31 heavy (non-hydrogen) atoms. The van der Waals surface area contributed by atoms with Gasteiger partial charge in [-0.15, -0.1) is 0 Å². The molecule has 0 aliphatic heterocycles. The minimum absolute atomic E-state index is 0.218. The molecule has 9 nitrogen and oxygen atoms in total. The second-order valence-electron chi connectivity index (χ2n) is 7.53. The van der Waals surface area contributed by atoms with Gasteiger partial charge >= 0.3 is 0 Å². The van der Waals surface area contributed by atoms with Gasteiger partial charge in [-0.1, -0.05) is 0 Å². The number of hydrogen-bond donors (Lipinski definition) is 1. The first-order chi connectivity index (χ1) is 14.9. The number of imidazole rings is 1. The Kier molecular flexibility index (Phi) is 6.03. The van der Waals surface area contributed by atoms with E-state index in [1.54, 1.807) is 37.6 Å². The van der Waals surface area contributed by atoms with E-state index in [1.165, 1.54) is 11.4 Å². The molecular weight excluding hydrogens is 416 g/mol. The van der Waals surface area contributed by atoms with Crippen LogP contribution in [0.2, 0.25) is 0 Å². The number of ether oxygens (including phenoxy) is 1. The van der Waals surface area contributed by atoms with Gasteiger partial charge in [0.05, 0.1) is 29.1 Å².